The van der Waals surface area contributed by atoms with Crippen LogP contribution in [0.25, 0.3) is 0 Å². The lowest BCUT2D eigenvalue weighted by Gasteiger charge is -2.21. The number of carbonyl (C=O) groups excluding carboxylic acids is 2. The van der Waals surface area contributed by atoms with E-state index in [2.05, 4.69) is 0 Å². The lowest BCUT2D eigenvalue weighted by molar-refractivity contribution is -0.160. The van der Waals surface area contributed by atoms with Gasteiger partial charge in [-0.2, -0.15) is 0 Å². The smallest absolute Gasteiger partial charge is 0.316 e. The molecule has 0 saturated carbocycles. The largest absolute Gasteiger partial charge is 0.459 e. The zero-order valence-electron chi connectivity index (χ0n) is 13.5. The number of ketones is 1. The maximum atomic E-state index is 12.2. The van der Waals surface area contributed by atoms with E-state index in [1.807, 2.05) is 6.92 Å². The molecule has 0 fully saturated rings. The van der Waals surface area contributed by atoms with Crippen molar-refractivity contribution in [2.45, 2.75) is 45.1 Å². The first kappa shape index (κ1) is 18.4. The molecule has 0 unspecified atom stereocenters. The highest BCUT2D eigenvalue weighted by Crippen LogP contribution is 2.16. The van der Waals surface area contributed by atoms with Gasteiger partial charge in [0, 0.05) is 0 Å². The van der Waals surface area contributed by atoms with Gasteiger partial charge in [-0.3, -0.25) is 9.59 Å². The van der Waals surface area contributed by atoms with E-state index >= 15 is 0 Å². The van der Waals surface area contributed by atoms with Gasteiger partial charge in [-0.05, 0) is 46.8 Å². The Bertz CT molecular complexity index is 651. The minimum absolute atomic E-state index is 0.0721. The molecule has 0 radical (unpaired) electrons. The second-order valence-electron chi connectivity index (χ2n) is 6.29. The second kappa shape index (κ2) is 6.60. The summed E-state index contributed by atoms with van der Waals surface area (Å²) in [5.41, 5.74) is 0.203. The summed E-state index contributed by atoms with van der Waals surface area (Å²) in [6.45, 7) is 8.26. The average molecular weight is 326 g/mol. The molecular weight excluding hydrogens is 304 g/mol. The molecule has 5 nitrogen and oxygen atoms in total. The molecule has 1 aromatic rings. The average Bonchev–Trinajstić information content (AvgIpc) is 2.35. The number of sulfone groups is 1. The number of benzene rings is 1. The maximum Gasteiger partial charge on any atom is 0.316 e. The summed E-state index contributed by atoms with van der Waals surface area (Å²) in [6.07, 6.45) is 0. The van der Waals surface area contributed by atoms with Gasteiger partial charge in [-0.1, -0.05) is 17.7 Å². The van der Waals surface area contributed by atoms with E-state index in [4.69, 9.17) is 4.74 Å². The number of hydrogen-bond acceptors (Lipinski definition) is 5. The maximum absolute atomic E-state index is 12.2. The lowest BCUT2D eigenvalue weighted by Crippen LogP contribution is -2.33. The van der Waals surface area contributed by atoms with Crippen molar-refractivity contribution in [2.75, 3.05) is 5.75 Å². The van der Waals surface area contributed by atoms with Gasteiger partial charge in [0.2, 0.25) is 0 Å². The molecule has 0 bridgehead atoms. The van der Waals surface area contributed by atoms with Gasteiger partial charge in [-0.15, -0.1) is 0 Å². The molecule has 0 aliphatic carbocycles. The summed E-state index contributed by atoms with van der Waals surface area (Å²) in [5, 5.41) is 0. The Labute approximate surface area is 131 Å². The number of Topliss-reactive ketones (excluding diaryl/α,β-unsaturated/α-hetero) is 1. The zero-order valence-corrected chi connectivity index (χ0v) is 14.4. The number of carbonyl (C=O) groups is 2. The molecule has 122 valence electrons. The van der Waals surface area contributed by atoms with Crippen LogP contribution in [0.4, 0.5) is 0 Å². The van der Waals surface area contributed by atoms with Crippen molar-refractivity contribution in [2.24, 2.45) is 5.92 Å². The van der Waals surface area contributed by atoms with Crippen LogP contribution in [0.3, 0.4) is 0 Å². The SMILES string of the molecule is Cc1ccc(S(=O)(=O)CC(=O)[C@H](C)C(=O)OC(C)(C)C)cc1. The van der Waals surface area contributed by atoms with Gasteiger partial charge in [0.25, 0.3) is 0 Å². The fraction of sp³-hybridized carbons (Fsp3) is 0.500. The first-order valence-electron chi connectivity index (χ1n) is 6.97. The molecule has 0 spiro atoms. The predicted octanol–water partition coefficient (Wildman–Crippen LogP) is 2.32. The van der Waals surface area contributed by atoms with Crippen LogP contribution >= 0.6 is 0 Å². The fourth-order valence-corrected chi connectivity index (χ4v) is 3.00. The van der Waals surface area contributed by atoms with Gasteiger partial charge in [0.1, 0.15) is 17.3 Å². The number of rotatable bonds is 5. The first-order chi connectivity index (χ1) is 9.92. The van der Waals surface area contributed by atoms with Crippen LogP contribution < -0.4 is 0 Å². The zero-order chi connectivity index (χ0) is 17.1. The summed E-state index contributed by atoms with van der Waals surface area (Å²) in [7, 11) is -3.76. The van der Waals surface area contributed by atoms with Gasteiger partial charge in [-0.25, -0.2) is 8.42 Å². The first-order valence-corrected chi connectivity index (χ1v) is 8.62. The Morgan fingerprint density at radius 1 is 1.14 bits per heavy atom. The summed E-state index contributed by atoms with van der Waals surface area (Å²) >= 11 is 0. The van der Waals surface area contributed by atoms with Gasteiger partial charge >= 0.3 is 5.97 Å². The molecule has 0 aliphatic heterocycles. The molecule has 0 aromatic heterocycles. The Kier molecular flexibility index (Phi) is 5.51. The Balaban J connectivity index is 2.83. The van der Waals surface area contributed by atoms with E-state index in [-0.39, 0.29) is 4.90 Å². The van der Waals surface area contributed by atoms with Crippen LogP contribution in [-0.2, 0) is 24.2 Å². The van der Waals surface area contributed by atoms with E-state index in [1.165, 1.54) is 19.1 Å². The Hall–Kier alpha value is -1.69. The van der Waals surface area contributed by atoms with Crippen LogP contribution in [0.15, 0.2) is 29.2 Å². The molecule has 1 atom stereocenters. The number of hydrogen-bond donors (Lipinski definition) is 0. The number of ether oxygens (including phenoxy) is 1. The molecule has 0 N–H and O–H groups in total. The van der Waals surface area contributed by atoms with E-state index in [1.54, 1.807) is 32.9 Å². The highest BCUT2D eigenvalue weighted by molar-refractivity contribution is 7.92. The lowest BCUT2D eigenvalue weighted by atomic mass is 10.1. The molecule has 1 rings (SSSR count). The van der Waals surface area contributed by atoms with Crippen LogP contribution in [0.1, 0.15) is 33.3 Å². The van der Waals surface area contributed by atoms with E-state index < -0.39 is 38.9 Å². The van der Waals surface area contributed by atoms with Crippen LogP contribution in [0, 0.1) is 12.8 Å². The highest BCUT2D eigenvalue weighted by atomic mass is 32.2. The van der Waals surface area contributed by atoms with Crippen LogP contribution in [-0.4, -0.2) is 31.5 Å². The van der Waals surface area contributed by atoms with Gasteiger partial charge < -0.3 is 4.74 Å². The molecule has 0 heterocycles. The molecule has 1 aromatic carbocycles. The quantitative estimate of drug-likeness (QED) is 0.613. The Morgan fingerprint density at radius 2 is 1.64 bits per heavy atom. The van der Waals surface area contributed by atoms with Crippen molar-refractivity contribution in [3.8, 4) is 0 Å². The summed E-state index contributed by atoms with van der Waals surface area (Å²) < 4.78 is 29.5. The van der Waals surface area contributed by atoms with Crippen molar-refractivity contribution in [1.82, 2.24) is 0 Å². The number of esters is 1. The molecule has 0 saturated heterocycles. The Morgan fingerprint density at radius 3 is 2.09 bits per heavy atom. The van der Waals surface area contributed by atoms with Gasteiger partial charge in [0.15, 0.2) is 15.6 Å². The molecule has 22 heavy (non-hydrogen) atoms. The van der Waals surface area contributed by atoms with E-state index in [0.717, 1.165) is 5.56 Å². The predicted molar refractivity (Wildman–Crippen MR) is 83.2 cm³/mol. The van der Waals surface area contributed by atoms with Crippen LogP contribution in [0.5, 0.6) is 0 Å². The minimum atomic E-state index is -3.76. The van der Waals surface area contributed by atoms with Crippen molar-refractivity contribution in [3.05, 3.63) is 29.8 Å². The van der Waals surface area contributed by atoms with E-state index in [9.17, 15) is 18.0 Å². The normalized spacial score (nSPS) is 13.5. The van der Waals surface area contributed by atoms with Crippen molar-refractivity contribution >= 4 is 21.6 Å². The third kappa shape index (κ3) is 5.26. The monoisotopic (exact) mass is 326 g/mol. The topological polar surface area (TPSA) is 77.5 Å². The molecule has 0 amide bonds. The summed E-state index contributed by atoms with van der Waals surface area (Å²) in [5.74, 6) is -3.21. The third-order valence-electron chi connectivity index (χ3n) is 2.96. The van der Waals surface area contributed by atoms with E-state index in [0.29, 0.717) is 0 Å². The van der Waals surface area contributed by atoms with Crippen molar-refractivity contribution in [3.63, 3.8) is 0 Å². The second-order valence-corrected chi connectivity index (χ2v) is 8.28. The number of aryl methyl sites for hydroxylation is 1. The molecule has 0 aliphatic rings. The van der Waals surface area contributed by atoms with Crippen molar-refractivity contribution < 1.29 is 22.7 Å². The summed E-state index contributed by atoms with van der Waals surface area (Å²) in [4.78, 5) is 23.9. The fourth-order valence-electron chi connectivity index (χ4n) is 1.66. The molecule has 6 heteroatoms. The standard InChI is InChI=1S/C16H22O5S/c1-11-6-8-13(9-7-11)22(19,20)10-14(17)12(2)15(18)21-16(3,4)5/h6-9,12H,10H2,1-5H3/t12-/m0/s1. The summed E-state index contributed by atoms with van der Waals surface area (Å²) in [6, 6.07) is 6.23. The molecular formula is C16H22O5S. The van der Waals surface area contributed by atoms with Gasteiger partial charge in [0.05, 0.1) is 4.90 Å². The van der Waals surface area contributed by atoms with Crippen molar-refractivity contribution in [1.29, 1.82) is 0 Å². The third-order valence-corrected chi connectivity index (χ3v) is 4.61. The highest BCUT2D eigenvalue weighted by Gasteiger charge is 2.30. The minimum Gasteiger partial charge on any atom is -0.459 e. The van der Waals surface area contributed by atoms with Crippen LogP contribution in [0.2, 0.25) is 0 Å².